The summed E-state index contributed by atoms with van der Waals surface area (Å²) in [6.45, 7) is 2.86. The summed E-state index contributed by atoms with van der Waals surface area (Å²) in [5.74, 6) is -0.395. The molecule has 1 heterocycles. The Morgan fingerprint density at radius 2 is 2.29 bits per heavy atom. The van der Waals surface area contributed by atoms with Crippen molar-refractivity contribution in [3.05, 3.63) is 27.9 Å². The summed E-state index contributed by atoms with van der Waals surface area (Å²) in [6.07, 6.45) is 1.41. The highest BCUT2D eigenvalue weighted by atomic mass is 16.6. The average molecular weight is 195 g/mol. The molecule has 1 aromatic heterocycles. The van der Waals surface area contributed by atoms with Gasteiger partial charge in [0.15, 0.2) is 0 Å². The van der Waals surface area contributed by atoms with E-state index in [1.54, 1.807) is 6.92 Å². The number of anilines is 1. The molecule has 0 saturated carbocycles. The van der Waals surface area contributed by atoms with E-state index in [1.807, 2.05) is 0 Å². The SMILES string of the molecule is CC(=O)Nc1nccc(C)c1[N+](=O)[O-]. The molecule has 0 fully saturated rings. The molecule has 6 heteroatoms. The molecule has 6 nitrogen and oxygen atoms in total. The summed E-state index contributed by atoms with van der Waals surface area (Å²) in [5, 5.41) is 12.9. The van der Waals surface area contributed by atoms with E-state index in [-0.39, 0.29) is 17.4 Å². The first kappa shape index (κ1) is 10.1. The molecule has 0 radical (unpaired) electrons. The molecule has 0 bridgehead atoms. The predicted molar refractivity (Wildman–Crippen MR) is 49.9 cm³/mol. The van der Waals surface area contributed by atoms with Crippen molar-refractivity contribution >= 4 is 17.4 Å². The van der Waals surface area contributed by atoms with Gasteiger partial charge in [-0.1, -0.05) is 0 Å². The summed E-state index contributed by atoms with van der Waals surface area (Å²) < 4.78 is 0. The number of aromatic nitrogens is 1. The Balaban J connectivity index is 3.21. The topological polar surface area (TPSA) is 85.1 Å². The number of nitrogens with zero attached hydrogens (tertiary/aromatic N) is 2. The maximum atomic E-state index is 10.7. The van der Waals surface area contributed by atoms with Crippen molar-refractivity contribution in [2.45, 2.75) is 13.8 Å². The van der Waals surface area contributed by atoms with Crippen molar-refractivity contribution in [3.8, 4) is 0 Å². The fourth-order valence-corrected chi connectivity index (χ4v) is 1.04. The van der Waals surface area contributed by atoms with Crippen LogP contribution in [0.25, 0.3) is 0 Å². The minimum atomic E-state index is -0.562. The van der Waals surface area contributed by atoms with Gasteiger partial charge in [0.2, 0.25) is 11.7 Å². The highest BCUT2D eigenvalue weighted by molar-refractivity contribution is 5.90. The lowest BCUT2D eigenvalue weighted by molar-refractivity contribution is -0.384. The van der Waals surface area contributed by atoms with E-state index in [1.165, 1.54) is 19.2 Å². The zero-order valence-corrected chi connectivity index (χ0v) is 7.77. The molecule has 14 heavy (non-hydrogen) atoms. The van der Waals surface area contributed by atoms with Crippen molar-refractivity contribution < 1.29 is 9.72 Å². The van der Waals surface area contributed by atoms with Crippen LogP contribution in [0.3, 0.4) is 0 Å². The zero-order valence-electron chi connectivity index (χ0n) is 7.77. The molecule has 0 aromatic carbocycles. The van der Waals surface area contributed by atoms with Gasteiger partial charge in [0, 0.05) is 18.7 Å². The lowest BCUT2D eigenvalue weighted by Crippen LogP contribution is -2.10. The van der Waals surface area contributed by atoms with Crippen LogP contribution < -0.4 is 5.32 Å². The number of pyridine rings is 1. The van der Waals surface area contributed by atoms with Gasteiger partial charge in [-0.05, 0) is 13.0 Å². The fourth-order valence-electron chi connectivity index (χ4n) is 1.04. The van der Waals surface area contributed by atoms with Crippen LogP contribution >= 0.6 is 0 Å². The molecule has 1 aromatic rings. The molecule has 0 aliphatic heterocycles. The van der Waals surface area contributed by atoms with E-state index >= 15 is 0 Å². The maximum absolute atomic E-state index is 10.7. The molecule has 1 rings (SSSR count). The lowest BCUT2D eigenvalue weighted by atomic mass is 10.2. The number of rotatable bonds is 2. The van der Waals surface area contributed by atoms with Crippen LogP contribution in [0.15, 0.2) is 12.3 Å². The number of nitro groups is 1. The normalized spacial score (nSPS) is 9.57. The second-order valence-corrected chi connectivity index (χ2v) is 2.76. The second kappa shape index (κ2) is 3.82. The Labute approximate surface area is 80.1 Å². The first-order chi connectivity index (χ1) is 6.52. The Kier molecular flexibility index (Phi) is 2.76. The van der Waals surface area contributed by atoms with E-state index in [0.29, 0.717) is 5.56 Å². The monoisotopic (exact) mass is 195 g/mol. The summed E-state index contributed by atoms with van der Waals surface area (Å²) in [5.41, 5.74) is 0.302. The Bertz CT molecular complexity index is 389. The summed E-state index contributed by atoms with van der Waals surface area (Å²) in [4.78, 5) is 24.5. The van der Waals surface area contributed by atoms with Crippen LogP contribution in [0, 0.1) is 17.0 Å². The minimum Gasteiger partial charge on any atom is -0.305 e. The first-order valence-electron chi connectivity index (χ1n) is 3.90. The molecule has 0 aliphatic rings. The van der Waals surface area contributed by atoms with Crippen molar-refractivity contribution in [2.75, 3.05) is 5.32 Å². The molecule has 0 atom stereocenters. The van der Waals surface area contributed by atoms with Crippen LogP contribution in [0.4, 0.5) is 11.5 Å². The summed E-state index contributed by atoms with van der Waals surface area (Å²) in [7, 11) is 0. The van der Waals surface area contributed by atoms with Gasteiger partial charge in [-0.3, -0.25) is 14.9 Å². The molecule has 1 amide bonds. The molecule has 0 saturated heterocycles. The number of nitrogens with one attached hydrogen (secondary N) is 1. The van der Waals surface area contributed by atoms with Gasteiger partial charge in [-0.15, -0.1) is 0 Å². The maximum Gasteiger partial charge on any atom is 0.314 e. The lowest BCUT2D eigenvalue weighted by Gasteiger charge is -2.03. The number of hydrogen-bond donors (Lipinski definition) is 1. The van der Waals surface area contributed by atoms with Crippen molar-refractivity contribution in [2.24, 2.45) is 0 Å². The van der Waals surface area contributed by atoms with Gasteiger partial charge in [0.05, 0.1) is 4.92 Å². The number of hydrogen-bond acceptors (Lipinski definition) is 4. The Hall–Kier alpha value is -1.98. The average Bonchev–Trinajstić information content (AvgIpc) is 2.01. The Morgan fingerprint density at radius 3 is 2.79 bits per heavy atom. The molecular formula is C8H9N3O3. The smallest absolute Gasteiger partial charge is 0.305 e. The molecule has 74 valence electrons. The van der Waals surface area contributed by atoms with Gasteiger partial charge >= 0.3 is 5.69 Å². The van der Waals surface area contributed by atoms with Crippen molar-refractivity contribution in [3.63, 3.8) is 0 Å². The van der Waals surface area contributed by atoms with E-state index in [9.17, 15) is 14.9 Å². The van der Waals surface area contributed by atoms with Crippen LogP contribution in [0.5, 0.6) is 0 Å². The van der Waals surface area contributed by atoms with Crippen LogP contribution in [-0.4, -0.2) is 15.8 Å². The highest BCUT2D eigenvalue weighted by Crippen LogP contribution is 2.24. The molecular weight excluding hydrogens is 186 g/mol. The number of carbonyl (C=O) groups excluding carboxylic acids is 1. The Morgan fingerprint density at radius 1 is 1.64 bits per heavy atom. The quantitative estimate of drug-likeness (QED) is 0.568. The minimum absolute atomic E-state index is 0.0116. The predicted octanol–water partition coefficient (Wildman–Crippen LogP) is 1.26. The van der Waals surface area contributed by atoms with E-state index in [2.05, 4.69) is 10.3 Å². The van der Waals surface area contributed by atoms with Crippen LogP contribution in [0.1, 0.15) is 12.5 Å². The number of carbonyl (C=O) groups is 1. The highest BCUT2D eigenvalue weighted by Gasteiger charge is 2.18. The number of amides is 1. The van der Waals surface area contributed by atoms with Gasteiger partial charge < -0.3 is 5.32 Å². The van der Waals surface area contributed by atoms with Gasteiger partial charge in [0.25, 0.3) is 0 Å². The third-order valence-electron chi connectivity index (χ3n) is 1.60. The largest absolute Gasteiger partial charge is 0.314 e. The molecule has 0 spiro atoms. The second-order valence-electron chi connectivity index (χ2n) is 2.76. The first-order valence-corrected chi connectivity index (χ1v) is 3.90. The third-order valence-corrected chi connectivity index (χ3v) is 1.60. The number of aryl methyl sites for hydroxylation is 1. The summed E-state index contributed by atoms with van der Waals surface area (Å²) >= 11 is 0. The van der Waals surface area contributed by atoms with E-state index in [4.69, 9.17) is 0 Å². The molecule has 0 unspecified atom stereocenters. The van der Waals surface area contributed by atoms with E-state index in [0.717, 1.165) is 0 Å². The van der Waals surface area contributed by atoms with Crippen molar-refractivity contribution in [1.82, 2.24) is 4.98 Å². The fraction of sp³-hybridized carbons (Fsp3) is 0.250. The zero-order chi connectivity index (χ0) is 10.7. The standard InChI is InChI=1S/C8H9N3O3/c1-5-3-4-9-8(10-6(2)12)7(5)11(13)14/h3-4H,1-2H3,(H,9,10,12). The van der Waals surface area contributed by atoms with E-state index < -0.39 is 4.92 Å². The summed E-state index contributed by atoms with van der Waals surface area (Å²) in [6, 6.07) is 1.52. The van der Waals surface area contributed by atoms with Crippen LogP contribution in [-0.2, 0) is 4.79 Å². The van der Waals surface area contributed by atoms with Gasteiger partial charge in [-0.25, -0.2) is 4.98 Å². The van der Waals surface area contributed by atoms with Crippen molar-refractivity contribution in [1.29, 1.82) is 0 Å². The molecule has 0 aliphatic carbocycles. The molecule has 1 N–H and O–H groups in total. The van der Waals surface area contributed by atoms with Gasteiger partial charge in [-0.2, -0.15) is 0 Å². The van der Waals surface area contributed by atoms with Crippen LogP contribution in [0.2, 0.25) is 0 Å². The van der Waals surface area contributed by atoms with Gasteiger partial charge in [0.1, 0.15) is 0 Å². The third kappa shape index (κ3) is 2.03.